The minimum absolute atomic E-state index is 0.0693. The van der Waals surface area contributed by atoms with Gasteiger partial charge in [0, 0.05) is 13.3 Å². The van der Waals surface area contributed by atoms with Crippen LogP contribution in [-0.2, 0) is 23.8 Å². The van der Waals surface area contributed by atoms with Gasteiger partial charge in [0.15, 0.2) is 0 Å². The highest BCUT2D eigenvalue weighted by molar-refractivity contribution is 7.85. The SMILES string of the molecule is C=C(CCOC(C)=O)COS(C)(=O)=O. The van der Waals surface area contributed by atoms with E-state index in [1.165, 1.54) is 6.92 Å². The van der Waals surface area contributed by atoms with E-state index in [1.54, 1.807) is 0 Å². The Morgan fingerprint density at radius 1 is 1.43 bits per heavy atom. The predicted molar refractivity (Wildman–Crippen MR) is 51.2 cm³/mol. The molecule has 0 unspecified atom stereocenters. The van der Waals surface area contributed by atoms with Gasteiger partial charge in [0.2, 0.25) is 0 Å². The van der Waals surface area contributed by atoms with Crippen molar-refractivity contribution in [3.05, 3.63) is 12.2 Å². The van der Waals surface area contributed by atoms with Crippen LogP contribution in [0.5, 0.6) is 0 Å². The Balaban J connectivity index is 3.62. The average Bonchev–Trinajstić information content (AvgIpc) is 1.99. The lowest BCUT2D eigenvalue weighted by Crippen LogP contribution is -2.08. The molecule has 0 radical (unpaired) electrons. The molecule has 0 N–H and O–H groups in total. The molecule has 82 valence electrons. The molecule has 0 heterocycles. The van der Waals surface area contributed by atoms with Gasteiger partial charge in [-0.1, -0.05) is 6.58 Å². The number of hydrogen-bond acceptors (Lipinski definition) is 5. The van der Waals surface area contributed by atoms with Crippen molar-refractivity contribution in [3.63, 3.8) is 0 Å². The van der Waals surface area contributed by atoms with Gasteiger partial charge in [-0.2, -0.15) is 8.42 Å². The second kappa shape index (κ2) is 5.77. The topological polar surface area (TPSA) is 69.7 Å². The summed E-state index contributed by atoms with van der Waals surface area (Å²) in [6.45, 7) is 5.00. The molecule has 0 aliphatic rings. The van der Waals surface area contributed by atoms with Gasteiger partial charge >= 0.3 is 5.97 Å². The van der Waals surface area contributed by atoms with Crippen molar-refractivity contribution in [1.29, 1.82) is 0 Å². The zero-order valence-corrected chi connectivity index (χ0v) is 9.09. The van der Waals surface area contributed by atoms with E-state index in [2.05, 4.69) is 15.5 Å². The molecular formula is C8H14O5S. The van der Waals surface area contributed by atoms with Gasteiger partial charge in [-0.25, -0.2) is 0 Å². The first-order valence-electron chi connectivity index (χ1n) is 3.95. The number of rotatable bonds is 6. The maximum Gasteiger partial charge on any atom is 0.302 e. The molecule has 0 aliphatic carbocycles. The molecule has 0 bridgehead atoms. The molecule has 0 spiro atoms. The van der Waals surface area contributed by atoms with Gasteiger partial charge in [0.1, 0.15) is 0 Å². The lowest BCUT2D eigenvalue weighted by Gasteiger charge is -2.05. The van der Waals surface area contributed by atoms with Crippen LogP contribution in [0.4, 0.5) is 0 Å². The zero-order valence-electron chi connectivity index (χ0n) is 8.28. The summed E-state index contributed by atoms with van der Waals surface area (Å²) < 4.78 is 30.3. The second-order valence-corrected chi connectivity index (χ2v) is 4.45. The number of ether oxygens (including phenoxy) is 1. The Hall–Kier alpha value is -0.880. The fraction of sp³-hybridized carbons (Fsp3) is 0.625. The normalized spacial score (nSPS) is 11.0. The minimum Gasteiger partial charge on any atom is -0.466 e. The van der Waals surface area contributed by atoms with Gasteiger partial charge in [-0.3, -0.25) is 8.98 Å². The van der Waals surface area contributed by atoms with Crippen LogP contribution in [0.3, 0.4) is 0 Å². The van der Waals surface area contributed by atoms with Crippen molar-refractivity contribution < 1.29 is 22.1 Å². The Morgan fingerprint density at radius 3 is 2.43 bits per heavy atom. The van der Waals surface area contributed by atoms with E-state index in [1.807, 2.05) is 0 Å². The van der Waals surface area contributed by atoms with Gasteiger partial charge in [0.05, 0.1) is 19.5 Å². The number of carbonyl (C=O) groups excluding carboxylic acids is 1. The third-order valence-corrected chi connectivity index (χ3v) is 1.78. The third-order valence-electron chi connectivity index (χ3n) is 1.24. The first-order valence-corrected chi connectivity index (χ1v) is 5.77. The van der Waals surface area contributed by atoms with Crippen molar-refractivity contribution in [2.45, 2.75) is 13.3 Å². The summed E-state index contributed by atoms with van der Waals surface area (Å²) in [7, 11) is -3.43. The highest BCUT2D eigenvalue weighted by Gasteiger charge is 2.03. The fourth-order valence-corrected chi connectivity index (χ4v) is 0.982. The molecule has 0 rings (SSSR count). The molecular weight excluding hydrogens is 208 g/mol. The van der Waals surface area contributed by atoms with E-state index in [0.29, 0.717) is 12.0 Å². The van der Waals surface area contributed by atoms with Gasteiger partial charge in [-0.15, -0.1) is 0 Å². The number of hydrogen-bond donors (Lipinski definition) is 0. The molecule has 0 aliphatic heterocycles. The maximum absolute atomic E-state index is 10.6. The van der Waals surface area contributed by atoms with E-state index < -0.39 is 10.1 Å². The van der Waals surface area contributed by atoms with E-state index in [-0.39, 0.29) is 19.2 Å². The van der Waals surface area contributed by atoms with Crippen molar-refractivity contribution in [2.24, 2.45) is 0 Å². The molecule has 0 aromatic heterocycles. The van der Waals surface area contributed by atoms with E-state index >= 15 is 0 Å². The van der Waals surface area contributed by atoms with Gasteiger partial charge < -0.3 is 4.74 Å². The third kappa shape index (κ3) is 9.21. The molecule has 0 aromatic carbocycles. The second-order valence-electron chi connectivity index (χ2n) is 2.81. The van der Waals surface area contributed by atoms with Crippen LogP contribution in [-0.4, -0.2) is 33.9 Å². The standard InChI is InChI=1S/C8H14O5S/c1-7(4-5-12-8(2)9)6-13-14(3,10)11/h1,4-6H2,2-3H3. The first-order chi connectivity index (χ1) is 6.31. The number of carbonyl (C=O) groups is 1. The summed E-state index contributed by atoms with van der Waals surface area (Å²) in [6.07, 6.45) is 1.36. The number of esters is 1. The highest BCUT2D eigenvalue weighted by atomic mass is 32.2. The lowest BCUT2D eigenvalue weighted by atomic mass is 10.2. The van der Waals surface area contributed by atoms with Crippen LogP contribution in [0, 0.1) is 0 Å². The summed E-state index contributed by atoms with van der Waals surface area (Å²) in [6, 6.07) is 0. The predicted octanol–water partition coefficient (Wildman–Crippen LogP) is 0.472. The van der Waals surface area contributed by atoms with E-state index in [0.717, 1.165) is 6.26 Å². The van der Waals surface area contributed by atoms with Crippen molar-refractivity contribution >= 4 is 16.1 Å². The lowest BCUT2D eigenvalue weighted by molar-refractivity contribution is -0.140. The minimum atomic E-state index is -3.43. The maximum atomic E-state index is 10.6. The molecule has 5 nitrogen and oxygen atoms in total. The van der Waals surface area contributed by atoms with Gasteiger partial charge in [-0.05, 0) is 5.57 Å². The fourth-order valence-electron chi connectivity index (χ4n) is 0.602. The van der Waals surface area contributed by atoms with Gasteiger partial charge in [0.25, 0.3) is 10.1 Å². The summed E-state index contributed by atoms with van der Waals surface area (Å²) in [5.41, 5.74) is 0.566. The summed E-state index contributed by atoms with van der Waals surface area (Å²) in [4.78, 5) is 10.4. The Morgan fingerprint density at radius 2 is 2.00 bits per heavy atom. The van der Waals surface area contributed by atoms with E-state index in [9.17, 15) is 13.2 Å². The first kappa shape index (κ1) is 13.1. The van der Waals surface area contributed by atoms with Crippen LogP contribution in [0.1, 0.15) is 13.3 Å². The Kier molecular flexibility index (Phi) is 5.40. The smallest absolute Gasteiger partial charge is 0.302 e. The molecule has 0 saturated heterocycles. The molecule has 0 fully saturated rings. The molecule has 0 atom stereocenters. The monoisotopic (exact) mass is 222 g/mol. The Bertz CT molecular complexity index is 304. The van der Waals surface area contributed by atoms with Crippen LogP contribution >= 0.6 is 0 Å². The summed E-state index contributed by atoms with van der Waals surface area (Å²) in [5, 5.41) is 0. The van der Waals surface area contributed by atoms with Crippen LogP contribution in [0.2, 0.25) is 0 Å². The molecule has 0 saturated carbocycles. The molecule has 14 heavy (non-hydrogen) atoms. The largest absolute Gasteiger partial charge is 0.466 e. The van der Waals surface area contributed by atoms with Crippen LogP contribution in [0.25, 0.3) is 0 Å². The van der Waals surface area contributed by atoms with Crippen LogP contribution in [0.15, 0.2) is 12.2 Å². The quantitative estimate of drug-likeness (QED) is 0.371. The van der Waals surface area contributed by atoms with Crippen LogP contribution < -0.4 is 0 Å². The van der Waals surface area contributed by atoms with Crippen molar-refractivity contribution in [1.82, 2.24) is 0 Å². The molecule has 0 amide bonds. The average molecular weight is 222 g/mol. The highest BCUT2D eigenvalue weighted by Crippen LogP contribution is 2.01. The van der Waals surface area contributed by atoms with Crippen molar-refractivity contribution in [2.75, 3.05) is 19.5 Å². The summed E-state index contributed by atoms with van der Waals surface area (Å²) in [5.74, 6) is -0.373. The van der Waals surface area contributed by atoms with Crippen molar-refractivity contribution in [3.8, 4) is 0 Å². The molecule has 6 heteroatoms. The zero-order chi connectivity index (χ0) is 11.2. The Labute approximate surface area is 83.8 Å². The molecule has 0 aromatic rings. The summed E-state index contributed by atoms with van der Waals surface area (Å²) >= 11 is 0. The van der Waals surface area contributed by atoms with E-state index in [4.69, 9.17) is 0 Å².